The Morgan fingerprint density at radius 3 is 2.68 bits per heavy atom. The van der Waals surface area contributed by atoms with Gasteiger partial charge in [0.05, 0.1) is 7.11 Å². The number of nitrogens with zero attached hydrogens (tertiary/aromatic N) is 1. The minimum atomic E-state index is -0.0522. The maximum atomic E-state index is 11.7. The molecule has 0 bridgehead atoms. The summed E-state index contributed by atoms with van der Waals surface area (Å²) < 4.78 is 10.8. The molecule has 0 saturated heterocycles. The number of carbonyl (C=O) groups excluding carboxylic acids is 1. The van der Waals surface area contributed by atoms with Gasteiger partial charge in [-0.3, -0.25) is 4.79 Å². The van der Waals surface area contributed by atoms with Crippen molar-refractivity contribution >= 4 is 5.91 Å². The summed E-state index contributed by atoms with van der Waals surface area (Å²) in [6, 6.07) is 5.69. The van der Waals surface area contributed by atoms with Gasteiger partial charge in [-0.05, 0) is 31.7 Å². The SMILES string of the molecule is CCN(C)C(=O)COc1cc(CNC)ccc1OC. The number of methoxy groups -OCH3 is 1. The minimum Gasteiger partial charge on any atom is -0.493 e. The predicted molar refractivity (Wildman–Crippen MR) is 74.6 cm³/mol. The van der Waals surface area contributed by atoms with Crippen molar-refractivity contribution in [2.45, 2.75) is 13.5 Å². The molecule has 1 N–H and O–H groups in total. The van der Waals surface area contributed by atoms with Crippen LogP contribution in [0.15, 0.2) is 18.2 Å². The van der Waals surface area contributed by atoms with Crippen molar-refractivity contribution in [2.75, 3.05) is 34.4 Å². The number of nitrogens with one attached hydrogen (secondary N) is 1. The Kier molecular flexibility index (Phi) is 6.15. The van der Waals surface area contributed by atoms with Gasteiger partial charge in [-0.15, -0.1) is 0 Å². The fourth-order valence-electron chi connectivity index (χ4n) is 1.57. The molecule has 0 spiro atoms. The molecule has 0 saturated carbocycles. The Balaban J connectivity index is 2.74. The number of carbonyl (C=O) groups is 1. The van der Waals surface area contributed by atoms with Gasteiger partial charge < -0.3 is 19.7 Å². The van der Waals surface area contributed by atoms with Crippen LogP contribution in [0.2, 0.25) is 0 Å². The Morgan fingerprint density at radius 2 is 2.11 bits per heavy atom. The van der Waals surface area contributed by atoms with Crippen molar-refractivity contribution in [3.63, 3.8) is 0 Å². The van der Waals surface area contributed by atoms with Crippen LogP contribution in [0.5, 0.6) is 11.5 Å². The highest BCUT2D eigenvalue weighted by Gasteiger charge is 2.11. The molecule has 0 aliphatic heterocycles. The molecular formula is C14H22N2O3. The van der Waals surface area contributed by atoms with Crippen molar-refractivity contribution in [1.29, 1.82) is 0 Å². The van der Waals surface area contributed by atoms with Gasteiger partial charge in [0.15, 0.2) is 18.1 Å². The topological polar surface area (TPSA) is 50.8 Å². The molecule has 106 valence electrons. The molecule has 5 heteroatoms. The second kappa shape index (κ2) is 7.63. The fourth-order valence-corrected chi connectivity index (χ4v) is 1.57. The van der Waals surface area contributed by atoms with Crippen LogP contribution in [0.1, 0.15) is 12.5 Å². The summed E-state index contributed by atoms with van der Waals surface area (Å²) in [4.78, 5) is 13.3. The van der Waals surface area contributed by atoms with Gasteiger partial charge in [-0.1, -0.05) is 6.07 Å². The number of rotatable bonds is 7. The molecule has 5 nitrogen and oxygen atoms in total. The molecule has 0 atom stereocenters. The van der Waals surface area contributed by atoms with E-state index in [1.807, 2.05) is 32.2 Å². The molecule has 1 aromatic carbocycles. The molecule has 1 amide bonds. The van der Waals surface area contributed by atoms with Gasteiger partial charge >= 0.3 is 0 Å². The van der Waals surface area contributed by atoms with Gasteiger partial charge in [0.1, 0.15) is 0 Å². The molecule has 0 radical (unpaired) electrons. The highest BCUT2D eigenvalue weighted by molar-refractivity contribution is 5.77. The van der Waals surface area contributed by atoms with E-state index in [-0.39, 0.29) is 12.5 Å². The predicted octanol–water partition coefficient (Wildman–Crippen LogP) is 1.27. The first kappa shape index (κ1) is 15.3. The van der Waals surface area contributed by atoms with Gasteiger partial charge in [0, 0.05) is 20.1 Å². The number of hydrogen-bond acceptors (Lipinski definition) is 4. The lowest BCUT2D eigenvalue weighted by Crippen LogP contribution is -2.31. The second-order valence-electron chi connectivity index (χ2n) is 4.21. The normalized spacial score (nSPS) is 10.1. The molecule has 1 aromatic rings. The fraction of sp³-hybridized carbons (Fsp3) is 0.500. The van der Waals surface area contributed by atoms with E-state index in [1.165, 1.54) is 0 Å². The smallest absolute Gasteiger partial charge is 0.260 e. The van der Waals surface area contributed by atoms with Crippen LogP contribution in [-0.2, 0) is 11.3 Å². The Hall–Kier alpha value is -1.75. The zero-order chi connectivity index (χ0) is 14.3. The summed E-state index contributed by atoms with van der Waals surface area (Å²) in [5, 5.41) is 3.07. The van der Waals surface area contributed by atoms with Gasteiger partial charge in [-0.2, -0.15) is 0 Å². The zero-order valence-corrected chi connectivity index (χ0v) is 12.0. The van der Waals surface area contributed by atoms with Crippen molar-refractivity contribution in [3.8, 4) is 11.5 Å². The molecule has 0 aliphatic carbocycles. The molecule has 19 heavy (non-hydrogen) atoms. The third kappa shape index (κ3) is 4.44. The average Bonchev–Trinajstić information content (AvgIpc) is 2.44. The van der Waals surface area contributed by atoms with Crippen molar-refractivity contribution in [3.05, 3.63) is 23.8 Å². The molecule has 0 heterocycles. The maximum Gasteiger partial charge on any atom is 0.260 e. The summed E-state index contributed by atoms with van der Waals surface area (Å²) >= 11 is 0. The Labute approximate surface area is 114 Å². The number of benzene rings is 1. The lowest BCUT2D eigenvalue weighted by atomic mass is 10.2. The van der Waals surface area contributed by atoms with E-state index >= 15 is 0 Å². The highest BCUT2D eigenvalue weighted by atomic mass is 16.5. The lowest BCUT2D eigenvalue weighted by Gasteiger charge is -2.16. The van der Waals surface area contributed by atoms with E-state index in [2.05, 4.69) is 5.32 Å². The molecular weight excluding hydrogens is 244 g/mol. The van der Waals surface area contributed by atoms with Gasteiger partial charge in [-0.25, -0.2) is 0 Å². The van der Waals surface area contributed by atoms with E-state index in [0.29, 0.717) is 18.0 Å². The third-order valence-corrected chi connectivity index (χ3v) is 2.86. The van der Waals surface area contributed by atoms with E-state index in [0.717, 1.165) is 12.1 Å². The number of likely N-dealkylation sites (N-methyl/N-ethyl adjacent to an activating group) is 1. The van der Waals surface area contributed by atoms with E-state index in [1.54, 1.807) is 19.1 Å². The maximum absolute atomic E-state index is 11.7. The standard InChI is InChI=1S/C14H22N2O3/c1-5-16(3)14(17)10-19-13-8-11(9-15-2)6-7-12(13)18-4/h6-8,15H,5,9-10H2,1-4H3. The number of hydrogen-bond donors (Lipinski definition) is 1. The van der Waals surface area contributed by atoms with Crippen molar-refractivity contribution < 1.29 is 14.3 Å². The second-order valence-corrected chi connectivity index (χ2v) is 4.21. The van der Waals surface area contributed by atoms with Crippen molar-refractivity contribution in [2.24, 2.45) is 0 Å². The molecule has 1 rings (SSSR count). The highest BCUT2D eigenvalue weighted by Crippen LogP contribution is 2.28. The van der Waals surface area contributed by atoms with E-state index in [4.69, 9.17) is 9.47 Å². The molecule has 0 unspecified atom stereocenters. The van der Waals surface area contributed by atoms with Gasteiger partial charge in [0.2, 0.25) is 0 Å². The first-order chi connectivity index (χ1) is 9.12. The third-order valence-electron chi connectivity index (χ3n) is 2.86. The quantitative estimate of drug-likeness (QED) is 0.807. The molecule has 0 aliphatic rings. The summed E-state index contributed by atoms with van der Waals surface area (Å²) in [6.07, 6.45) is 0. The van der Waals surface area contributed by atoms with Gasteiger partial charge in [0.25, 0.3) is 5.91 Å². The van der Waals surface area contributed by atoms with E-state index in [9.17, 15) is 4.79 Å². The average molecular weight is 266 g/mol. The Morgan fingerprint density at radius 1 is 1.37 bits per heavy atom. The summed E-state index contributed by atoms with van der Waals surface area (Å²) in [5.41, 5.74) is 1.08. The molecule has 0 aromatic heterocycles. The van der Waals surface area contributed by atoms with Crippen LogP contribution in [0.4, 0.5) is 0 Å². The largest absolute Gasteiger partial charge is 0.493 e. The first-order valence-electron chi connectivity index (χ1n) is 6.30. The van der Waals surface area contributed by atoms with Crippen LogP contribution in [-0.4, -0.2) is 45.2 Å². The monoisotopic (exact) mass is 266 g/mol. The van der Waals surface area contributed by atoms with Crippen LogP contribution in [0, 0.1) is 0 Å². The van der Waals surface area contributed by atoms with Crippen molar-refractivity contribution in [1.82, 2.24) is 10.2 Å². The number of ether oxygens (including phenoxy) is 2. The summed E-state index contributed by atoms with van der Waals surface area (Å²) in [7, 11) is 5.21. The minimum absolute atomic E-state index is 0.0176. The summed E-state index contributed by atoms with van der Waals surface area (Å²) in [5.74, 6) is 1.17. The first-order valence-corrected chi connectivity index (χ1v) is 6.30. The molecule has 0 fully saturated rings. The van der Waals surface area contributed by atoms with Crippen LogP contribution < -0.4 is 14.8 Å². The van der Waals surface area contributed by atoms with Crippen LogP contribution in [0.3, 0.4) is 0 Å². The van der Waals surface area contributed by atoms with Crippen LogP contribution in [0.25, 0.3) is 0 Å². The lowest BCUT2D eigenvalue weighted by molar-refractivity contribution is -0.131. The summed E-state index contributed by atoms with van der Waals surface area (Å²) in [6.45, 7) is 3.35. The number of amides is 1. The Bertz CT molecular complexity index is 421. The zero-order valence-electron chi connectivity index (χ0n) is 12.0. The van der Waals surface area contributed by atoms with Crippen LogP contribution >= 0.6 is 0 Å². The van der Waals surface area contributed by atoms with E-state index < -0.39 is 0 Å².